The van der Waals surface area contributed by atoms with E-state index in [2.05, 4.69) is 6.92 Å². The third-order valence-electron chi connectivity index (χ3n) is 5.52. The summed E-state index contributed by atoms with van der Waals surface area (Å²) in [5.41, 5.74) is 2.82. The first-order valence-electron chi connectivity index (χ1n) is 11.2. The lowest BCUT2D eigenvalue weighted by Crippen LogP contribution is -2.45. The maximum Gasteiger partial charge on any atom is 0.254 e. The number of amides is 2. The van der Waals surface area contributed by atoms with Crippen LogP contribution in [0.1, 0.15) is 41.4 Å². The van der Waals surface area contributed by atoms with Crippen LogP contribution in [0.3, 0.4) is 0 Å². The van der Waals surface area contributed by atoms with Gasteiger partial charge in [-0.2, -0.15) is 0 Å². The van der Waals surface area contributed by atoms with E-state index in [0.717, 1.165) is 25.0 Å². The zero-order valence-corrected chi connectivity index (χ0v) is 19.9. The largest absolute Gasteiger partial charge is 0.383 e. The second kappa shape index (κ2) is 13.7. The summed E-state index contributed by atoms with van der Waals surface area (Å²) in [6.45, 7) is 4.22. The number of ether oxygens (including phenoxy) is 2. The first-order valence-corrected chi connectivity index (χ1v) is 11.2. The molecule has 2 amide bonds. The topological polar surface area (TPSA) is 64.0 Å². The van der Waals surface area contributed by atoms with Crippen molar-refractivity contribution in [1.29, 1.82) is 0 Å². The van der Waals surface area contributed by atoms with E-state index in [0.29, 0.717) is 38.4 Å². The first-order chi connectivity index (χ1) is 15.5. The van der Waals surface area contributed by atoms with Crippen LogP contribution in [0.4, 0.5) is 0 Å². The van der Waals surface area contributed by atoms with Crippen molar-refractivity contribution >= 4 is 11.8 Å². The monoisotopic (exact) mass is 443 g/mol. The molecule has 2 rings (SSSR count). The fourth-order valence-corrected chi connectivity index (χ4v) is 3.44. The molecule has 0 saturated heterocycles. The Morgan fingerprint density at radius 2 is 1.62 bits per heavy atom. The number of carbonyl (C=O) groups is 2. The van der Waals surface area contributed by atoms with Crippen LogP contribution in [0.25, 0.3) is 0 Å². The molecular weight excluding hydrogens is 406 g/mol. The van der Waals surface area contributed by atoms with E-state index in [1.807, 2.05) is 54.2 Å². The van der Waals surface area contributed by atoms with E-state index in [4.69, 9.17) is 9.47 Å². The molecule has 1 heterocycles. The van der Waals surface area contributed by atoms with Gasteiger partial charge in [0.05, 0.1) is 19.8 Å². The van der Waals surface area contributed by atoms with Gasteiger partial charge in [0, 0.05) is 51.8 Å². The summed E-state index contributed by atoms with van der Waals surface area (Å²) in [7, 11) is 5.16. The van der Waals surface area contributed by atoms with E-state index in [1.165, 1.54) is 5.56 Å². The van der Waals surface area contributed by atoms with Gasteiger partial charge < -0.3 is 23.8 Å². The minimum Gasteiger partial charge on any atom is -0.383 e. The highest BCUT2D eigenvalue weighted by Crippen LogP contribution is 2.12. The molecule has 176 valence electrons. The summed E-state index contributed by atoms with van der Waals surface area (Å²) in [5.74, 6) is -0.282. The Morgan fingerprint density at radius 3 is 2.19 bits per heavy atom. The predicted molar refractivity (Wildman–Crippen MR) is 126 cm³/mol. The molecule has 0 N–H and O–H groups in total. The molecule has 0 spiro atoms. The van der Waals surface area contributed by atoms with Gasteiger partial charge in [0.2, 0.25) is 5.91 Å². The molecule has 0 fully saturated rings. The van der Waals surface area contributed by atoms with Gasteiger partial charge in [-0.05, 0) is 42.7 Å². The molecule has 0 radical (unpaired) electrons. The van der Waals surface area contributed by atoms with Crippen molar-refractivity contribution in [3.63, 3.8) is 0 Å². The second-order valence-electron chi connectivity index (χ2n) is 7.94. The van der Waals surface area contributed by atoms with Gasteiger partial charge in [-0.1, -0.05) is 25.5 Å². The molecule has 0 atom stereocenters. The number of hydrogen-bond acceptors (Lipinski definition) is 4. The third kappa shape index (κ3) is 7.80. The Balaban J connectivity index is 2.12. The van der Waals surface area contributed by atoms with Crippen molar-refractivity contribution in [2.75, 3.05) is 47.1 Å². The lowest BCUT2D eigenvalue weighted by molar-refractivity contribution is -0.133. The first kappa shape index (κ1) is 25.6. The highest BCUT2D eigenvalue weighted by molar-refractivity contribution is 5.96. The van der Waals surface area contributed by atoms with Crippen LogP contribution in [-0.2, 0) is 34.3 Å². The van der Waals surface area contributed by atoms with E-state index < -0.39 is 0 Å². The molecule has 0 unspecified atom stereocenters. The fourth-order valence-electron chi connectivity index (χ4n) is 3.44. The van der Waals surface area contributed by atoms with E-state index in [9.17, 15) is 9.59 Å². The van der Waals surface area contributed by atoms with Crippen LogP contribution in [0.15, 0.2) is 42.6 Å². The van der Waals surface area contributed by atoms with Gasteiger partial charge in [0.1, 0.15) is 6.54 Å². The highest BCUT2D eigenvalue weighted by atomic mass is 16.5. The normalized spacial score (nSPS) is 10.9. The molecule has 1 aromatic carbocycles. The minimum absolute atomic E-state index is 0.00604. The lowest BCUT2D eigenvalue weighted by atomic mass is 10.1. The highest BCUT2D eigenvalue weighted by Gasteiger charge is 2.23. The number of aryl methyl sites for hydroxylation is 2. The van der Waals surface area contributed by atoms with Crippen LogP contribution < -0.4 is 0 Å². The molecule has 7 heteroatoms. The molecule has 2 aromatic rings. The molecule has 0 aliphatic heterocycles. The van der Waals surface area contributed by atoms with Crippen molar-refractivity contribution in [2.45, 2.75) is 32.7 Å². The Labute approximate surface area is 191 Å². The molecule has 0 aliphatic rings. The van der Waals surface area contributed by atoms with Crippen LogP contribution >= 0.6 is 0 Å². The number of unbranched alkanes of at least 4 members (excludes halogenated alkanes) is 1. The van der Waals surface area contributed by atoms with Crippen LogP contribution in [0.2, 0.25) is 0 Å². The van der Waals surface area contributed by atoms with Gasteiger partial charge in [-0.3, -0.25) is 9.59 Å². The molecule has 1 aromatic heterocycles. The maximum absolute atomic E-state index is 13.2. The number of aromatic nitrogens is 1. The minimum atomic E-state index is -0.164. The number of nitrogens with zero attached hydrogens (tertiary/aromatic N) is 3. The Kier molecular flexibility index (Phi) is 11.0. The van der Waals surface area contributed by atoms with Crippen LogP contribution in [-0.4, -0.2) is 73.2 Å². The third-order valence-corrected chi connectivity index (χ3v) is 5.52. The van der Waals surface area contributed by atoms with Gasteiger partial charge >= 0.3 is 0 Å². The van der Waals surface area contributed by atoms with Crippen LogP contribution in [0.5, 0.6) is 0 Å². The van der Waals surface area contributed by atoms with Crippen molar-refractivity contribution in [1.82, 2.24) is 14.4 Å². The Bertz CT molecular complexity index is 832. The summed E-state index contributed by atoms with van der Waals surface area (Å²) in [6, 6.07) is 11.6. The Hall–Kier alpha value is -2.64. The lowest BCUT2D eigenvalue weighted by Gasteiger charge is -2.28. The summed E-state index contributed by atoms with van der Waals surface area (Å²) in [5, 5.41) is 0. The fraction of sp³-hybridized carbons (Fsp3) is 0.520. The molecule has 0 aliphatic carbocycles. The number of carbonyl (C=O) groups excluding carboxylic acids is 2. The zero-order chi connectivity index (χ0) is 23.3. The SMILES string of the molecule is CCCCc1ccc(C(=O)N(CCOC)CC(=O)N(CCOC)Cc2cccn2C)cc1. The predicted octanol–water partition coefficient (Wildman–Crippen LogP) is 3.13. The summed E-state index contributed by atoms with van der Waals surface area (Å²) >= 11 is 0. The van der Waals surface area contributed by atoms with Crippen LogP contribution in [0, 0.1) is 0 Å². The van der Waals surface area contributed by atoms with Crippen molar-refractivity contribution < 1.29 is 19.1 Å². The number of methoxy groups -OCH3 is 2. The molecule has 0 bridgehead atoms. The standard InChI is InChI=1S/C25H37N3O4/c1-5-6-8-21-10-12-22(13-11-21)25(30)28(16-18-32-4)20-24(29)27(15-17-31-3)19-23-9-7-14-26(23)2/h7,9-14H,5-6,8,15-20H2,1-4H3. The van der Waals surface area contributed by atoms with E-state index >= 15 is 0 Å². The summed E-state index contributed by atoms with van der Waals surface area (Å²) < 4.78 is 12.4. The molecular formula is C25H37N3O4. The summed E-state index contributed by atoms with van der Waals surface area (Å²) in [4.78, 5) is 29.7. The Morgan fingerprint density at radius 1 is 0.969 bits per heavy atom. The molecule has 7 nitrogen and oxygen atoms in total. The van der Waals surface area contributed by atoms with Crippen molar-refractivity contribution in [3.8, 4) is 0 Å². The van der Waals surface area contributed by atoms with Gasteiger partial charge in [0.15, 0.2) is 0 Å². The quantitative estimate of drug-likeness (QED) is 0.450. The number of rotatable bonds is 14. The smallest absolute Gasteiger partial charge is 0.254 e. The van der Waals surface area contributed by atoms with Gasteiger partial charge in [0.25, 0.3) is 5.91 Å². The van der Waals surface area contributed by atoms with Crippen molar-refractivity contribution in [2.24, 2.45) is 7.05 Å². The summed E-state index contributed by atoms with van der Waals surface area (Å²) in [6.07, 6.45) is 5.22. The average Bonchev–Trinajstić information content (AvgIpc) is 3.21. The number of hydrogen-bond donors (Lipinski definition) is 0. The van der Waals surface area contributed by atoms with Gasteiger partial charge in [-0.15, -0.1) is 0 Å². The molecule has 0 saturated carbocycles. The zero-order valence-electron chi connectivity index (χ0n) is 19.9. The van der Waals surface area contributed by atoms with Crippen molar-refractivity contribution in [3.05, 3.63) is 59.4 Å². The van der Waals surface area contributed by atoms with Gasteiger partial charge in [-0.25, -0.2) is 0 Å². The van der Waals surface area contributed by atoms with E-state index in [1.54, 1.807) is 24.0 Å². The van der Waals surface area contributed by atoms with E-state index in [-0.39, 0.29) is 18.4 Å². The maximum atomic E-state index is 13.2. The second-order valence-corrected chi connectivity index (χ2v) is 7.94. The average molecular weight is 444 g/mol. The molecule has 32 heavy (non-hydrogen) atoms. The number of benzene rings is 1.